The topological polar surface area (TPSA) is 89.1 Å². The number of alkyl halides is 3. The van der Waals surface area contributed by atoms with Gasteiger partial charge in [-0.25, -0.2) is 4.98 Å². The minimum atomic E-state index is -4.62. The van der Waals surface area contributed by atoms with E-state index in [0.717, 1.165) is 36.2 Å². The molecule has 0 unspecified atom stereocenters. The third-order valence-corrected chi connectivity index (χ3v) is 8.68. The fourth-order valence-corrected chi connectivity index (χ4v) is 6.60. The lowest BCUT2D eigenvalue weighted by Gasteiger charge is -2.43. The lowest BCUT2D eigenvalue weighted by atomic mass is 9.79. The van der Waals surface area contributed by atoms with Gasteiger partial charge in [-0.3, -0.25) is 19.3 Å². The van der Waals surface area contributed by atoms with Gasteiger partial charge in [-0.15, -0.1) is 0 Å². The van der Waals surface area contributed by atoms with Crippen LogP contribution in [-0.2, 0) is 20.6 Å². The third-order valence-electron chi connectivity index (χ3n) is 8.68. The number of nitrogens with zero attached hydrogens (tertiary/aromatic N) is 5. The summed E-state index contributed by atoms with van der Waals surface area (Å²) in [6.45, 7) is 5.13. The van der Waals surface area contributed by atoms with Crippen LogP contribution in [0.5, 0.6) is 0 Å². The Hall–Kier alpha value is -3.93. The number of halogens is 3. The summed E-state index contributed by atoms with van der Waals surface area (Å²) < 4.78 is 41.0. The molecular weight excluding hydrogens is 573 g/mol. The molecule has 2 aromatic rings. The minimum Gasteiger partial charge on any atom is -0.369 e. The Kier molecular flexibility index (Phi) is 8.75. The van der Waals surface area contributed by atoms with Crippen LogP contribution in [0.25, 0.3) is 0 Å². The van der Waals surface area contributed by atoms with Gasteiger partial charge in [0.25, 0.3) is 0 Å². The molecule has 5 rings (SSSR count). The molecule has 1 aliphatic carbocycles. The monoisotopic (exact) mass is 612 g/mol. The number of aromatic nitrogens is 1. The number of para-hydroxylation sites is 1. The number of likely N-dealkylation sites (N-methyl/N-ethyl adjacent to an activating group) is 2. The molecule has 3 amide bonds. The van der Waals surface area contributed by atoms with Crippen LogP contribution in [0.3, 0.4) is 0 Å². The molecule has 2 fully saturated rings. The smallest absolute Gasteiger partial charge is 0.369 e. The molecule has 1 saturated carbocycles. The Morgan fingerprint density at radius 1 is 1.16 bits per heavy atom. The molecule has 1 aromatic heterocycles. The maximum atomic E-state index is 14.0. The van der Waals surface area contributed by atoms with Gasteiger partial charge in [0.2, 0.25) is 17.7 Å². The average Bonchev–Trinajstić information content (AvgIpc) is 3.23. The maximum absolute atomic E-state index is 14.0. The zero-order chi connectivity index (χ0) is 31.9. The normalized spacial score (nSPS) is 23.9. The average molecular weight is 613 g/mol. The highest BCUT2D eigenvalue weighted by molar-refractivity contribution is 6.10. The Labute approximate surface area is 255 Å². The van der Waals surface area contributed by atoms with Gasteiger partial charge >= 0.3 is 6.18 Å². The summed E-state index contributed by atoms with van der Waals surface area (Å²) in [5.74, 6) is -1.25. The van der Waals surface area contributed by atoms with Crippen LogP contribution in [0.1, 0.15) is 36.1 Å². The largest absolute Gasteiger partial charge is 0.416 e. The van der Waals surface area contributed by atoms with E-state index in [0.29, 0.717) is 25.3 Å². The van der Waals surface area contributed by atoms with E-state index in [1.165, 1.54) is 16.7 Å². The second-order valence-electron chi connectivity index (χ2n) is 12.5. The number of carbonyl (C=O) groups excluding carboxylic acids is 3. The molecule has 2 atom stereocenters. The first kappa shape index (κ1) is 31.5. The molecule has 236 valence electrons. The Bertz CT molecular complexity index is 1470. The first-order valence-corrected chi connectivity index (χ1v) is 14.8. The van der Waals surface area contributed by atoms with Crippen LogP contribution < -0.4 is 20.0 Å². The van der Waals surface area contributed by atoms with Gasteiger partial charge < -0.3 is 20.0 Å². The number of benzene rings is 1. The number of hydrogen-bond donors (Lipinski definition) is 1. The standard InChI is InChI=1S/C32H39F3N6O3/c1-19-8-6-9-25-29(19)40(17-21-13-24(14-21)37-27(42)10-7-11-38(3)4)18-22-15-28(43)41(30(22)31(44)39(25)5)26-16-23(32(33,34)35)12-20(2)36-26/h6-10,12,16,21-22,24,30H,11,13-15,17-18H2,1-5H3,(H,37,42)/b10-7+/t21?,22-,24?,30+/m1/s1. The molecular formula is C32H39F3N6O3. The highest BCUT2D eigenvalue weighted by atomic mass is 19.4. The number of amides is 3. The molecule has 0 radical (unpaired) electrons. The highest BCUT2D eigenvalue weighted by Gasteiger charge is 2.49. The number of anilines is 3. The fraction of sp³-hybridized carbons (Fsp3) is 0.500. The number of nitrogens with one attached hydrogen (secondary N) is 1. The minimum absolute atomic E-state index is 0.0154. The summed E-state index contributed by atoms with van der Waals surface area (Å²) in [6, 6.07) is 6.55. The van der Waals surface area contributed by atoms with Crippen LogP contribution in [0, 0.1) is 25.7 Å². The van der Waals surface area contributed by atoms with Crippen molar-refractivity contribution in [2.75, 3.05) is 55.5 Å². The quantitative estimate of drug-likeness (QED) is 0.477. The predicted molar refractivity (Wildman–Crippen MR) is 163 cm³/mol. The van der Waals surface area contributed by atoms with Crippen molar-refractivity contribution in [3.05, 3.63) is 59.3 Å². The molecule has 3 aliphatic rings. The van der Waals surface area contributed by atoms with E-state index in [9.17, 15) is 27.6 Å². The summed E-state index contributed by atoms with van der Waals surface area (Å²) in [5.41, 5.74) is 1.76. The molecule has 1 saturated heterocycles. The van der Waals surface area contributed by atoms with E-state index in [1.54, 1.807) is 13.1 Å². The number of hydrogen-bond acceptors (Lipinski definition) is 6. The summed E-state index contributed by atoms with van der Waals surface area (Å²) in [7, 11) is 5.51. The predicted octanol–water partition coefficient (Wildman–Crippen LogP) is 3.93. The third kappa shape index (κ3) is 6.45. The Balaban J connectivity index is 1.40. The van der Waals surface area contributed by atoms with Crippen molar-refractivity contribution in [3.8, 4) is 0 Å². The van der Waals surface area contributed by atoms with Crippen molar-refractivity contribution < 1.29 is 27.6 Å². The fourth-order valence-electron chi connectivity index (χ4n) is 6.60. The van der Waals surface area contributed by atoms with Crippen LogP contribution in [0.2, 0.25) is 0 Å². The van der Waals surface area contributed by atoms with Crippen molar-refractivity contribution in [2.45, 2.75) is 51.4 Å². The Morgan fingerprint density at radius 3 is 2.57 bits per heavy atom. The number of fused-ring (bicyclic) bond motifs is 2. The number of carbonyl (C=O) groups is 3. The van der Waals surface area contributed by atoms with Gasteiger partial charge in [0.15, 0.2) is 0 Å². The van der Waals surface area contributed by atoms with Gasteiger partial charge in [-0.2, -0.15) is 13.2 Å². The lowest BCUT2D eigenvalue weighted by Crippen LogP contribution is -2.54. The van der Waals surface area contributed by atoms with Crippen LogP contribution >= 0.6 is 0 Å². The molecule has 3 heterocycles. The van der Waals surface area contributed by atoms with Crippen molar-refractivity contribution in [1.29, 1.82) is 0 Å². The zero-order valence-electron chi connectivity index (χ0n) is 25.7. The van der Waals surface area contributed by atoms with Gasteiger partial charge in [0.1, 0.15) is 11.9 Å². The SMILES string of the molecule is Cc1cc(C(F)(F)F)cc(N2C(=O)C[C@@H]3CN(CC4CC(NC(=O)/C=C/CN(C)C)C4)c4c(C)cccc4N(C)C(=O)[C@H]32)n1. The number of pyridine rings is 1. The summed E-state index contributed by atoms with van der Waals surface area (Å²) >= 11 is 0. The van der Waals surface area contributed by atoms with E-state index in [-0.39, 0.29) is 41.7 Å². The summed E-state index contributed by atoms with van der Waals surface area (Å²) in [6.07, 6.45) is 0.367. The van der Waals surface area contributed by atoms with E-state index in [1.807, 2.05) is 50.2 Å². The van der Waals surface area contributed by atoms with Crippen molar-refractivity contribution in [3.63, 3.8) is 0 Å². The Morgan fingerprint density at radius 2 is 1.89 bits per heavy atom. The zero-order valence-corrected chi connectivity index (χ0v) is 25.7. The van der Waals surface area contributed by atoms with E-state index < -0.39 is 29.6 Å². The maximum Gasteiger partial charge on any atom is 0.416 e. The van der Waals surface area contributed by atoms with Crippen LogP contribution in [-0.4, -0.2) is 80.5 Å². The number of aryl methyl sites for hydroxylation is 2. The van der Waals surface area contributed by atoms with Gasteiger partial charge in [-0.05, 0) is 70.5 Å². The van der Waals surface area contributed by atoms with Crippen LogP contribution in [0.15, 0.2) is 42.5 Å². The second-order valence-corrected chi connectivity index (χ2v) is 12.5. The van der Waals surface area contributed by atoms with Crippen molar-refractivity contribution >= 4 is 34.9 Å². The van der Waals surface area contributed by atoms with Crippen molar-refractivity contribution in [2.24, 2.45) is 11.8 Å². The summed E-state index contributed by atoms with van der Waals surface area (Å²) in [4.78, 5) is 50.9. The number of rotatable bonds is 7. The van der Waals surface area contributed by atoms with Gasteiger partial charge in [0.05, 0.1) is 16.9 Å². The van der Waals surface area contributed by atoms with Gasteiger partial charge in [-0.1, -0.05) is 18.2 Å². The van der Waals surface area contributed by atoms with E-state index in [2.05, 4.69) is 15.2 Å². The van der Waals surface area contributed by atoms with E-state index >= 15 is 0 Å². The van der Waals surface area contributed by atoms with Crippen LogP contribution in [0.4, 0.5) is 30.4 Å². The molecule has 12 heteroatoms. The molecule has 1 aromatic carbocycles. The van der Waals surface area contributed by atoms with E-state index in [4.69, 9.17) is 0 Å². The van der Waals surface area contributed by atoms with Gasteiger partial charge in [0, 0.05) is 56.8 Å². The molecule has 44 heavy (non-hydrogen) atoms. The molecule has 2 aliphatic heterocycles. The lowest BCUT2D eigenvalue weighted by molar-refractivity contribution is -0.137. The molecule has 0 bridgehead atoms. The van der Waals surface area contributed by atoms with Crippen molar-refractivity contribution in [1.82, 2.24) is 15.2 Å². The summed E-state index contributed by atoms with van der Waals surface area (Å²) in [5, 5.41) is 3.06. The molecule has 0 spiro atoms. The highest BCUT2D eigenvalue weighted by Crippen LogP contribution is 2.42. The molecule has 9 nitrogen and oxygen atoms in total. The first-order chi connectivity index (χ1) is 20.7. The molecule has 1 N–H and O–H groups in total. The second kappa shape index (κ2) is 12.2. The first-order valence-electron chi connectivity index (χ1n) is 14.8.